The number of nitrogens with one attached hydrogen (secondary N) is 2. The van der Waals surface area contributed by atoms with Crippen LogP contribution in [-0.4, -0.2) is 52.2 Å². The highest BCUT2D eigenvalue weighted by atomic mass is 32.2. The van der Waals surface area contributed by atoms with E-state index in [1.165, 1.54) is 11.8 Å². The SMILES string of the molecule is O=C1NC2(CCN(C(=O)Nc3ccnc(Sc4ccccn4)c3)CC2)CO1. The van der Waals surface area contributed by atoms with Crippen molar-refractivity contribution in [3.63, 3.8) is 0 Å². The van der Waals surface area contributed by atoms with Crippen molar-refractivity contribution in [3.05, 3.63) is 42.7 Å². The normalized spacial score (nSPS) is 18.1. The van der Waals surface area contributed by atoms with Crippen molar-refractivity contribution in [2.45, 2.75) is 28.4 Å². The predicted octanol–water partition coefficient (Wildman–Crippen LogP) is 2.73. The lowest BCUT2D eigenvalue weighted by Gasteiger charge is -2.37. The number of piperidine rings is 1. The Morgan fingerprint density at radius 2 is 2.00 bits per heavy atom. The Balaban J connectivity index is 1.35. The molecule has 0 radical (unpaired) electrons. The number of amides is 3. The summed E-state index contributed by atoms with van der Waals surface area (Å²) >= 11 is 1.44. The number of hydrogen-bond acceptors (Lipinski definition) is 6. The van der Waals surface area contributed by atoms with Crippen molar-refractivity contribution in [1.82, 2.24) is 20.2 Å². The molecule has 2 aliphatic rings. The van der Waals surface area contributed by atoms with Gasteiger partial charge in [0.1, 0.15) is 16.7 Å². The van der Waals surface area contributed by atoms with E-state index >= 15 is 0 Å². The smallest absolute Gasteiger partial charge is 0.407 e. The minimum absolute atomic E-state index is 0.157. The fourth-order valence-corrected chi connectivity index (χ4v) is 3.93. The van der Waals surface area contributed by atoms with Crippen molar-refractivity contribution in [2.75, 3.05) is 25.0 Å². The van der Waals surface area contributed by atoms with Crippen LogP contribution in [0.3, 0.4) is 0 Å². The quantitative estimate of drug-likeness (QED) is 0.843. The van der Waals surface area contributed by atoms with Gasteiger partial charge in [0.2, 0.25) is 0 Å². The molecule has 9 heteroatoms. The van der Waals surface area contributed by atoms with Gasteiger partial charge in [-0.05, 0) is 37.1 Å². The summed E-state index contributed by atoms with van der Waals surface area (Å²) in [6.45, 7) is 1.51. The Hall–Kier alpha value is -2.81. The number of carbonyl (C=O) groups excluding carboxylic acids is 2. The van der Waals surface area contributed by atoms with Gasteiger partial charge in [0, 0.05) is 31.2 Å². The molecule has 0 aromatic carbocycles. The molecule has 0 bridgehead atoms. The second-order valence-corrected chi connectivity index (χ2v) is 7.59. The maximum atomic E-state index is 12.6. The molecule has 3 amide bonds. The third-order valence-electron chi connectivity index (χ3n) is 4.69. The Kier molecular flexibility index (Phi) is 4.85. The molecule has 0 unspecified atom stereocenters. The number of ether oxygens (including phenoxy) is 1. The van der Waals surface area contributed by atoms with Gasteiger partial charge in [-0.3, -0.25) is 0 Å². The van der Waals surface area contributed by atoms with Gasteiger partial charge < -0.3 is 20.3 Å². The molecule has 4 heterocycles. The minimum Gasteiger partial charge on any atom is -0.447 e. The van der Waals surface area contributed by atoms with Crippen LogP contribution in [0.2, 0.25) is 0 Å². The van der Waals surface area contributed by atoms with Crippen LogP contribution in [0, 0.1) is 0 Å². The van der Waals surface area contributed by atoms with E-state index in [4.69, 9.17) is 4.74 Å². The first-order valence-corrected chi connectivity index (χ1v) is 9.49. The van der Waals surface area contributed by atoms with Crippen molar-refractivity contribution < 1.29 is 14.3 Å². The summed E-state index contributed by atoms with van der Waals surface area (Å²) in [6.07, 6.45) is 4.39. The zero-order valence-corrected chi connectivity index (χ0v) is 15.4. The average molecular weight is 385 g/mol. The number of rotatable bonds is 3. The summed E-state index contributed by atoms with van der Waals surface area (Å²) in [7, 11) is 0. The minimum atomic E-state index is -0.373. The van der Waals surface area contributed by atoms with Crippen LogP contribution in [0.5, 0.6) is 0 Å². The molecule has 0 atom stereocenters. The lowest BCUT2D eigenvalue weighted by atomic mass is 9.89. The second kappa shape index (κ2) is 7.43. The molecule has 0 saturated carbocycles. The second-order valence-electron chi connectivity index (χ2n) is 6.55. The third-order valence-corrected chi connectivity index (χ3v) is 5.57. The number of aromatic nitrogens is 2. The van der Waals surface area contributed by atoms with Gasteiger partial charge in [-0.15, -0.1) is 0 Å². The first-order chi connectivity index (χ1) is 13.1. The van der Waals surface area contributed by atoms with Gasteiger partial charge in [0.15, 0.2) is 0 Å². The van der Waals surface area contributed by atoms with E-state index in [0.29, 0.717) is 38.2 Å². The number of anilines is 1. The topological polar surface area (TPSA) is 96.5 Å². The van der Waals surface area contributed by atoms with Crippen LogP contribution < -0.4 is 10.6 Å². The maximum Gasteiger partial charge on any atom is 0.407 e. The van der Waals surface area contributed by atoms with Crippen LogP contribution >= 0.6 is 11.8 Å². The zero-order chi connectivity index (χ0) is 18.7. The molecule has 2 aliphatic heterocycles. The van der Waals surface area contributed by atoms with Gasteiger partial charge in [0.25, 0.3) is 0 Å². The van der Waals surface area contributed by atoms with Gasteiger partial charge in [-0.2, -0.15) is 0 Å². The number of hydrogen-bond donors (Lipinski definition) is 2. The molecule has 2 fully saturated rings. The van der Waals surface area contributed by atoms with E-state index in [0.717, 1.165) is 10.1 Å². The van der Waals surface area contributed by atoms with E-state index < -0.39 is 0 Å². The lowest BCUT2D eigenvalue weighted by molar-refractivity contribution is 0.140. The number of likely N-dealkylation sites (tertiary alicyclic amines) is 1. The number of cyclic esters (lactones) is 1. The highest BCUT2D eigenvalue weighted by Crippen LogP contribution is 2.28. The Labute approximate surface area is 160 Å². The van der Waals surface area contributed by atoms with Crippen LogP contribution in [0.1, 0.15) is 12.8 Å². The predicted molar refractivity (Wildman–Crippen MR) is 99.6 cm³/mol. The summed E-state index contributed by atoms with van der Waals surface area (Å²) < 4.78 is 5.02. The van der Waals surface area contributed by atoms with E-state index in [1.54, 1.807) is 23.4 Å². The van der Waals surface area contributed by atoms with Crippen molar-refractivity contribution in [3.8, 4) is 0 Å². The number of carbonyl (C=O) groups is 2. The van der Waals surface area contributed by atoms with Crippen LogP contribution in [0.15, 0.2) is 52.8 Å². The lowest BCUT2D eigenvalue weighted by Crippen LogP contribution is -2.54. The van der Waals surface area contributed by atoms with Gasteiger partial charge in [-0.25, -0.2) is 19.6 Å². The molecule has 2 saturated heterocycles. The van der Waals surface area contributed by atoms with Crippen LogP contribution in [-0.2, 0) is 4.74 Å². The standard InChI is InChI=1S/C18H19N5O3S/c24-16(23-9-5-18(6-10-23)12-26-17(25)22-18)21-13-4-8-20-15(11-13)27-14-3-1-2-7-19-14/h1-4,7-8,11H,5-6,9-10,12H2,(H,22,25)(H,20,21,24). The summed E-state index contributed by atoms with van der Waals surface area (Å²) in [4.78, 5) is 34.2. The highest BCUT2D eigenvalue weighted by molar-refractivity contribution is 7.99. The third kappa shape index (κ3) is 4.13. The number of nitrogens with zero attached hydrogens (tertiary/aromatic N) is 3. The molecule has 2 aromatic heterocycles. The number of urea groups is 1. The molecule has 27 heavy (non-hydrogen) atoms. The van der Waals surface area contributed by atoms with Crippen LogP contribution in [0.4, 0.5) is 15.3 Å². The fraction of sp³-hybridized carbons (Fsp3) is 0.333. The highest BCUT2D eigenvalue weighted by Gasteiger charge is 2.42. The molecule has 2 aromatic rings. The number of alkyl carbamates (subject to hydrolysis) is 1. The van der Waals surface area contributed by atoms with Gasteiger partial charge >= 0.3 is 12.1 Å². The maximum absolute atomic E-state index is 12.6. The number of pyridine rings is 2. The Morgan fingerprint density at radius 3 is 2.70 bits per heavy atom. The van der Waals surface area contributed by atoms with Crippen LogP contribution in [0.25, 0.3) is 0 Å². The molecule has 2 N–H and O–H groups in total. The molecule has 8 nitrogen and oxygen atoms in total. The molecule has 0 aliphatic carbocycles. The summed E-state index contributed by atoms with van der Waals surface area (Å²) in [5.41, 5.74) is 0.364. The first kappa shape index (κ1) is 17.6. The van der Waals surface area contributed by atoms with Crippen molar-refractivity contribution >= 4 is 29.6 Å². The van der Waals surface area contributed by atoms with Gasteiger partial charge in [-0.1, -0.05) is 17.8 Å². The van der Waals surface area contributed by atoms with E-state index in [-0.39, 0.29) is 17.7 Å². The summed E-state index contributed by atoms with van der Waals surface area (Å²) in [5.74, 6) is 0. The van der Waals surface area contributed by atoms with E-state index in [1.807, 2.05) is 24.3 Å². The summed E-state index contributed by atoms with van der Waals surface area (Å²) in [6, 6.07) is 9.12. The summed E-state index contributed by atoms with van der Waals surface area (Å²) in [5, 5.41) is 7.40. The van der Waals surface area contributed by atoms with E-state index in [2.05, 4.69) is 20.6 Å². The molecule has 1 spiro atoms. The molecule has 140 valence electrons. The molecular weight excluding hydrogens is 366 g/mol. The fourth-order valence-electron chi connectivity index (χ4n) is 3.16. The van der Waals surface area contributed by atoms with E-state index in [9.17, 15) is 9.59 Å². The monoisotopic (exact) mass is 385 g/mol. The average Bonchev–Trinajstić information content (AvgIpc) is 3.03. The largest absolute Gasteiger partial charge is 0.447 e. The Morgan fingerprint density at radius 1 is 1.19 bits per heavy atom. The molecule has 4 rings (SSSR count). The van der Waals surface area contributed by atoms with Crippen molar-refractivity contribution in [2.24, 2.45) is 0 Å². The first-order valence-electron chi connectivity index (χ1n) is 8.68. The molecular formula is C18H19N5O3S. The van der Waals surface area contributed by atoms with Crippen molar-refractivity contribution in [1.29, 1.82) is 0 Å². The zero-order valence-electron chi connectivity index (χ0n) is 14.6. The Bertz CT molecular complexity index is 840. The van der Waals surface area contributed by atoms with Gasteiger partial charge in [0.05, 0.1) is 5.54 Å².